The molecule has 0 aliphatic heterocycles. The highest BCUT2D eigenvalue weighted by molar-refractivity contribution is 5.95. The van der Waals surface area contributed by atoms with Gasteiger partial charge in [0, 0.05) is 7.11 Å². The molecule has 0 heterocycles. The molecule has 0 bridgehead atoms. The highest BCUT2D eigenvalue weighted by Crippen LogP contribution is 2.16. The van der Waals surface area contributed by atoms with Crippen LogP contribution in [0.15, 0.2) is 24.3 Å². The molecule has 0 aliphatic carbocycles. The van der Waals surface area contributed by atoms with Crippen molar-refractivity contribution >= 4 is 11.7 Å². The van der Waals surface area contributed by atoms with E-state index >= 15 is 0 Å². The number of hydrogen-bond donors (Lipinski definition) is 1. The van der Waals surface area contributed by atoms with E-state index in [0.717, 1.165) is 0 Å². The first-order valence-corrected chi connectivity index (χ1v) is 4.67. The van der Waals surface area contributed by atoms with E-state index in [-0.39, 0.29) is 24.6 Å². The summed E-state index contributed by atoms with van der Waals surface area (Å²) in [4.78, 5) is 22.2. The molecule has 16 heavy (non-hydrogen) atoms. The molecule has 1 amide bonds. The molecule has 0 aliphatic rings. The van der Waals surface area contributed by atoms with E-state index in [0.29, 0.717) is 5.75 Å². The first kappa shape index (κ1) is 12.2. The average Bonchev–Trinajstić information content (AvgIpc) is 2.27. The van der Waals surface area contributed by atoms with Crippen LogP contribution in [0.4, 0.5) is 0 Å². The predicted octanol–water partition coefficient (Wildman–Crippen LogP) is 0.380. The molecule has 1 rings (SSSR count). The number of hydrogen-bond acceptors (Lipinski definition) is 4. The summed E-state index contributed by atoms with van der Waals surface area (Å²) in [5.74, 6) is -0.490. The maximum absolute atomic E-state index is 11.1. The van der Waals surface area contributed by atoms with Gasteiger partial charge in [0.15, 0.2) is 5.78 Å². The van der Waals surface area contributed by atoms with Gasteiger partial charge in [-0.3, -0.25) is 9.59 Å². The maximum atomic E-state index is 11.1. The summed E-state index contributed by atoms with van der Waals surface area (Å²) < 4.78 is 9.83. The van der Waals surface area contributed by atoms with Crippen molar-refractivity contribution in [3.05, 3.63) is 29.8 Å². The Kier molecular flexibility index (Phi) is 4.47. The summed E-state index contributed by atoms with van der Waals surface area (Å²) in [5.41, 5.74) is 5.41. The number of carbonyl (C=O) groups is 2. The third-order valence-electron chi connectivity index (χ3n) is 1.85. The van der Waals surface area contributed by atoms with Gasteiger partial charge < -0.3 is 15.2 Å². The van der Waals surface area contributed by atoms with Crippen LogP contribution in [0.1, 0.15) is 10.4 Å². The van der Waals surface area contributed by atoms with Crippen molar-refractivity contribution in [1.82, 2.24) is 0 Å². The number of rotatable bonds is 6. The van der Waals surface area contributed by atoms with Gasteiger partial charge in [0.05, 0.1) is 5.56 Å². The molecular weight excluding hydrogens is 210 g/mol. The maximum Gasteiger partial charge on any atom is 0.252 e. The number of ether oxygens (including phenoxy) is 2. The van der Waals surface area contributed by atoms with Gasteiger partial charge in [-0.15, -0.1) is 0 Å². The Morgan fingerprint density at radius 3 is 2.56 bits per heavy atom. The monoisotopic (exact) mass is 223 g/mol. The zero-order valence-electron chi connectivity index (χ0n) is 8.93. The van der Waals surface area contributed by atoms with Crippen molar-refractivity contribution in [1.29, 1.82) is 0 Å². The Hall–Kier alpha value is -1.88. The molecular formula is C11H13NO4. The van der Waals surface area contributed by atoms with E-state index in [9.17, 15) is 9.59 Å². The second-order valence-corrected chi connectivity index (χ2v) is 3.12. The lowest BCUT2D eigenvalue weighted by atomic mass is 10.2. The third-order valence-corrected chi connectivity index (χ3v) is 1.85. The fraction of sp³-hybridized carbons (Fsp3) is 0.273. The normalized spacial score (nSPS) is 9.81. The highest BCUT2D eigenvalue weighted by atomic mass is 16.5. The number of para-hydroxylation sites is 1. The van der Waals surface area contributed by atoms with Gasteiger partial charge in [-0.25, -0.2) is 0 Å². The molecule has 0 saturated carbocycles. The Balaban J connectivity index is 2.66. The largest absolute Gasteiger partial charge is 0.485 e. The smallest absolute Gasteiger partial charge is 0.252 e. The lowest BCUT2D eigenvalue weighted by Gasteiger charge is -2.08. The number of amides is 1. The summed E-state index contributed by atoms with van der Waals surface area (Å²) in [6.45, 7) is -0.156. The topological polar surface area (TPSA) is 78.6 Å². The fourth-order valence-electron chi connectivity index (χ4n) is 1.16. The molecule has 2 N–H and O–H groups in total. The van der Waals surface area contributed by atoms with Crippen LogP contribution in [0.5, 0.6) is 5.75 Å². The molecule has 0 atom stereocenters. The Morgan fingerprint density at radius 1 is 1.25 bits per heavy atom. The van der Waals surface area contributed by atoms with Gasteiger partial charge in [-0.2, -0.15) is 0 Å². The minimum absolute atomic E-state index is 0.0151. The van der Waals surface area contributed by atoms with Crippen LogP contribution in [-0.2, 0) is 9.53 Å². The van der Waals surface area contributed by atoms with Crippen LogP contribution in [0.25, 0.3) is 0 Å². The van der Waals surface area contributed by atoms with Gasteiger partial charge in [-0.1, -0.05) is 12.1 Å². The van der Waals surface area contributed by atoms with E-state index in [4.69, 9.17) is 10.5 Å². The quantitative estimate of drug-likeness (QED) is 0.756. The van der Waals surface area contributed by atoms with Gasteiger partial charge in [0.25, 0.3) is 5.91 Å². The first-order valence-electron chi connectivity index (χ1n) is 4.67. The summed E-state index contributed by atoms with van der Waals surface area (Å²) >= 11 is 0. The lowest BCUT2D eigenvalue weighted by molar-refractivity contribution is -0.124. The molecule has 0 unspecified atom stereocenters. The Morgan fingerprint density at radius 2 is 1.94 bits per heavy atom. The number of methoxy groups -OCH3 is 1. The number of carbonyl (C=O) groups excluding carboxylic acids is 2. The van der Waals surface area contributed by atoms with Crippen molar-refractivity contribution in [3.63, 3.8) is 0 Å². The SMILES string of the molecule is COCC(=O)COc1ccccc1C(N)=O. The van der Waals surface area contributed by atoms with Crippen LogP contribution in [-0.4, -0.2) is 32.0 Å². The molecule has 1 aromatic rings. The standard InChI is InChI=1S/C11H13NO4/c1-15-6-8(13)7-16-10-5-3-2-4-9(10)11(12)14/h2-5H,6-7H2,1H3,(H2,12,14). The van der Waals surface area contributed by atoms with Crippen LogP contribution < -0.4 is 10.5 Å². The van der Waals surface area contributed by atoms with Crippen molar-refractivity contribution in [3.8, 4) is 5.75 Å². The van der Waals surface area contributed by atoms with Crippen molar-refractivity contribution in [2.24, 2.45) is 5.73 Å². The average molecular weight is 223 g/mol. The molecule has 86 valence electrons. The van der Waals surface area contributed by atoms with Crippen molar-refractivity contribution in [2.75, 3.05) is 20.3 Å². The van der Waals surface area contributed by atoms with Gasteiger partial charge in [-0.05, 0) is 12.1 Å². The molecule has 0 fully saturated rings. The van der Waals surface area contributed by atoms with Crippen LogP contribution >= 0.6 is 0 Å². The minimum atomic E-state index is -0.588. The Bertz CT molecular complexity index is 389. The molecule has 0 saturated heterocycles. The van der Waals surface area contributed by atoms with Crippen LogP contribution in [0.3, 0.4) is 0 Å². The van der Waals surface area contributed by atoms with E-state index < -0.39 is 5.91 Å². The number of nitrogens with two attached hydrogens (primary N) is 1. The molecule has 0 radical (unpaired) electrons. The second kappa shape index (κ2) is 5.87. The first-order chi connectivity index (χ1) is 7.65. The molecule has 1 aromatic carbocycles. The van der Waals surface area contributed by atoms with E-state index in [1.54, 1.807) is 24.3 Å². The molecule has 0 spiro atoms. The zero-order valence-corrected chi connectivity index (χ0v) is 8.93. The van der Waals surface area contributed by atoms with E-state index in [1.807, 2.05) is 0 Å². The van der Waals surface area contributed by atoms with E-state index in [2.05, 4.69) is 4.74 Å². The third kappa shape index (κ3) is 3.36. The summed E-state index contributed by atoms with van der Waals surface area (Å²) in [6, 6.07) is 6.49. The van der Waals surface area contributed by atoms with Crippen LogP contribution in [0, 0.1) is 0 Å². The predicted molar refractivity (Wildman–Crippen MR) is 57.3 cm³/mol. The molecule has 0 aromatic heterocycles. The van der Waals surface area contributed by atoms with Gasteiger partial charge in [0.2, 0.25) is 0 Å². The highest BCUT2D eigenvalue weighted by Gasteiger charge is 2.09. The number of benzene rings is 1. The molecule has 5 nitrogen and oxygen atoms in total. The van der Waals surface area contributed by atoms with Crippen molar-refractivity contribution < 1.29 is 19.1 Å². The number of ketones is 1. The number of Topliss-reactive ketones (excluding diaryl/α,β-unsaturated/α-hetero) is 1. The van der Waals surface area contributed by atoms with Crippen LogP contribution in [0.2, 0.25) is 0 Å². The summed E-state index contributed by atoms with van der Waals surface area (Å²) in [5, 5.41) is 0. The fourth-order valence-corrected chi connectivity index (χ4v) is 1.16. The Labute approximate surface area is 93.1 Å². The van der Waals surface area contributed by atoms with Crippen molar-refractivity contribution in [2.45, 2.75) is 0 Å². The minimum Gasteiger partial charge on any atom is -0.485 e. The van der Waals surface area contributed by atoms with Gasteiger partial charge in [0.1, 0.15) is 19.0 Å². The number of primary amides is 1. The van der Waals surface area contributed by atoms with Gasteiger partial charge >= 0.3 is 0 Å². The summed E-state index contributed by atoms with van der Waals surface area (Å²) in [7, 11) is 1.43. The second-order valence-electron chi connectivity index (χ2n) is 3.12. The zero-order chi connectivity index (χ0) is 12.0. The molecule has 5 heteroatoms. The lowest BCUT2D eigenvalue weighted by Crippen LogP contribution is -2.18. The summed E-state index contributed by atoms with van der Waals surface area (Å²) in [6.07, 6.45) is 0. The van der Waals surface area contributed by atoms with E-state index in [1.165, 1.54) is 7.11 Å².